The second-order valence-corrected chi connectivity index (χ2v) is 9.75. The summed E-state index contributed by atoms with van der Waals surface area (Å²) in [5.74, 6) is -1.65. The molecule has 0 saturated heterocycles. The highest BCUT2D eigenvalue weighted by Crippen LogP contribution is 2.42. The number of carbonyl (C=O) groups excluding carboxylic acids is 3. The van der Waals surface area contributed by atoms with Crippen LogP contribution in [0.15, 0.2) is 36.4 Å². The van der Waals surface area contributed by atoms with Gasteiger partial charge in [-0.05, 0) is 76.6 Å². The monoisotopic (exact) mass is 519 g/mol. The summed E-state index contributed by atoms with van der Waals surface area (Å²) in [6, 6.07) is 6.65. The summed E-state index contributed by atoms with van der Waals surface area (Å²) in [6.07, 6.45) is 0.771. The molecule has 3 rings (SSSR count). The van der Waals surface area contributed by atoms with Gasteiger partial charge in [0.15, 0.2) is 11.9 Å². The normalized spacial score (nSPS) is 19.0. The van der Waals surface area contributed by atoms with E-state index in [1.165, 1.54) is 19.1 Å². The van der Waals surface area contributed by atoms with Crippen molar-refractivity contribution < 1.29 is 28.2 Å². The number of carbonyl (C=O) groups is 3. The SMILES string of the molecule is CC(=O)c1ccc2c(c1)[C@H](NC(=O)c1ccc(F)c(Cl)c1)[C@H](OC(=O)[C@@H](N)CCCCN)C(C)(C)O2. The lowest BCUT2D eigenvalue weighted by Gasteiger charge is -2.44. The van der Waals surface area contributed by atoms with E-state index >= 15 is 0 Å². The molecule has 0 radical (unpaired) electrons. The largest absolute Gasteiger partial charge is 0.484 e. The van der Waals surface area contributed by atoms with Crippen LogP contribution in [0.4, 0.5) is 4.39 Å². The Bertz CT molecular complexity index is 1160. The Hall–Kier alpha value is -3.01. The molecule has 0 aliphatic carbocycles. The van der Waals surface area contributed by atoms with Crippen LogP contribution in [0.3, 0.4) is 0 Å². The summed E-state index contributed by atoms with van der Waals surface area (Å²) in [7, 11) is 0. The van der Waals surface area contributed by atoms with Crippen molar-refractivity contribution in [2.75, 3.05) is 6.54 Å². The van der Waals surface area contributed by atoms with Gasteiger partial charge in [0.1, 0.15) is 23.2 Å². The Balaban J connectivity index is 1.99. The molecule has 0 bridgehead atoms. The predicted molar refractivity (Wildman–Crippen MR) is 134 cm³/mol. The molecule has 0 fully saturated rings. The van der Waals surface area contributed by atoms with Crippen LogP contribution in [0.1, 0.15) is 72.4 Å². The number of unbranched alkanes of at least 4 members (excludes halogenated alkanes) is 1. The molecule has 0 saturated carbocycles. The number of esters is 1. The molecule has 3 atom stereocenters. The Morgan fingerprint density at radius 1 is 1.17 bits per heavy atom. The van der Waals surface area contributed by atoms with Gasteiger partial charge in [-0.1, -0.05) is 18.0 Å². The van der Waals surface area contributed by atoms with Gasteiger partial charge < -0.3 is 26.3 Å². The zero-order valence-electron chi connectivity index (χ0n) is 20.5. The first kappa shape index (κ1) is 27.6. The number of nitrogens with one attached hydrogen (secondary N) is 1. The van der Waals surface area contributed by atoms with E-state index in [9.17, 15) is 18.8 Å². The van der Waals surface area contributed by atoms with Gasteiger partial charge in [0, 0.05) is 16.7 Å². The number of hydrogen-bond acceptors (Lipinski definition) is 7. The van der Waals surface area contributed by atoms with E-state index in [2.05, 4.69) is 5.32 Å². The van der Waals surface area contributed by atoms with E-state index in [0.29, 0.717) is 36.3 Å². The van der Waals surface area contributed by atoms with Gasteiger partial charge in [0.25, 0.3) is 5.91 Å². The number of amides is 1. The van der Waals surface area contributed by atoms with Crippen molar-refractivity contribution in [1.82, 2.24) is 5.32 Å². The van der Waals surface area contributed by atoms with Crippen LogP contribution in [0.5, 0.6) is 5.75 Å². The van der Waals surface area contributed by atoms with E-state index in [0.717, 1.165) is 12.5 Å². The highest BCUT2D eigenvalue weighted by atomic mass is 35.5. The average Bonchev–Trinajstić information content (AvgIpc) is 2.82. The average molecular weight is 520 g/mol. The summed E-state index contributed by atoms with van der Waals surface area (Å²) in [4.78, 5) is 38.1. The third-order valence-electron chi connectivity index (χ3n) is 6.10. The molecule has 1 aliphatic heterocycles. The molecule has 1 amide bonds. The van der Waals surface area contributed by atoms with Crippen molar-refractivity contribution in [2.24, 2.45) is 11.5 Å². The maximum absolute atomic E-state index is 13.6. The highest BCUT2D eigenvalue weighted by molar-refractivity contribution is 6.31. The molecular formula is C26H31ClFN3O5. The fraction of sp³-hybridized carbons (Fsp3) is 0.423. The zero-order valence-corrected chi connectivity index (χ0v) is 21.2. The summed E-state index contributed by atoms with van der Waals surface area (Å²) >= 11 is 5.86. The number of benzene rings is 2. The van der Waals surface area contributed by atoms with Crippen LogP contribution >= 0.6 is 11.6 Å². The van der Waals surface area contributed by atoms with Gasteiger partial charge in [0.2, 0.25) is 0 Å². The highest BCUT2D eigenvalue weighted by Gasteiger charge is 2.48. The summed E-state index contributed by atoms with van der Waals surface area (Å²) in [6.45, 7) is 5.35. The quantitative estimate of drug-likeness (QED) is 0.261. The number of hydrogen-bond donors (Lipinski definition) is 3. The van der Waals surface area contributed by atoms with Crippen molar-refractivity contribution in [3.63, 3.8) is 0 Å². The Morgan fingerprint density at radius 2 is 1.86 bits per heavy atom. The van der Waals surface area contributed by atoms with Gasteiger partial charge in [-0.2, -0.15) is 0 Å². The molecular weight excluding hydrogens is 489 g/mol. The number of halogens is 2. The van der Waals surface area contributed by atoms with Crippen LogP contribution in [0, 0.1) is 5.82 Å². The molecule has 2 aromatic rings. The number of ketones is 1. The van der Waals surface area contributed by atoms with Crippen molar-refractivity contribution in [2.45, 2.75) is 63.8 Å². The fourth-order valence-electron chi connectivity index (χ4n) is 4.07. The maximum Gasteiger partial charge on any atom is 0.323 e. The molecule has 194 valence electrons. The smallest absolute Gasteiger partial charge is 0.323 e. The van der Waals surface area contributed by atoms with Gasteiger partial charge in [-0.3, -0.25) is 14.4 Å². The lowest BCUT2D eigenvalue weighted by molar-refractivity contribution is -0.167. The van der Waals surface area contributed by atoms with E-state index in [1.807, 2.05) is 0 Å². The number of rotatable bonds is 9. The topological polar surface area (TPSA) is 134 Å². The number of Topliss-reactive ketones (excluding diaryl/α,β-unsaturated/α-hetero) is 1. The van der Waals surface area contributed by atoms with Crippen LogP contribution < -0.4 is 21.5 Å². The van der Waals surface area contributed by atoms with Crippen LogP contribution in [-0.4, -0.2) is 42.0 Å². The van der Waals surface area contributed by atoms with Crippen molar-refractivity contribution >= 4 is 29.3 Å². The van der Waals surface area contributed by atoms with Crippen molar-refractivity contribution in [3.05, 3.63) is 63.9 Å². The van der Waals surface area contributed by atoms with E-state index in [4.69, 9.17) is 32.5 Å². The minimum Gasteiger partial charge on any atom is -0.484 e. The molecule has 8 nitrogen and oxygen atoms in total. The summed E-state index contributed by atoms with van der Waals surface area (Å²) < 4.78 is 25.6. The first-order chi connectivity index (χ1) is 16.9. The number of ether oxygens (including phenoxy) is 2. The van der Waals surface area contributed by atoms with Gasteiger partial charge in [-0.15, -0.1) is 0 Å². The third kappa shape index (κ3) is 6.21. The predicted octanol–water partition coefficient (Wildman–Crippen LogP) is 3.69. The fourth-order valence-corrected chi connectivity index (χ4v) is 4.25. The Morgan fingerprint density at radius 3 is 2.50 bits per heavy atom. The van der Waals surface area contributed by atoms with Crippen LogP contribution in [0.2, 0.25) is 5.02 Å². The molecule has 1 aliphatic rings. The minimum absolute atomic E-state index is 0.110. The Kier molecular flexibility index (Phi) is 8.71. The molecule has 0 spiro atoms. The summed E-state index contributed by atoms with van der Waals surface area (Å²) in [5.41, 5.74) is 11.5. The van der Waals surface area contributed by atoms with Gasteiger partial charge in [0.05, 0.1) is 11.1 Å². The molecule has 2 aromatic carbocycles. The second-order valence-electron chi connectivity index (χ2n) is 9.34. The van der Waals surface area contributed by atoms with Gasteiger partial charge in [-0.25, -0.2) is 4.39 Å². The molecule has 36 heavy (non-hydrogen) atoms. The van der Waals surface area contributed by atoms with Crippen molar-refractivity contribution in [1.29, 1.82) is 0 Å². The molecule has 0 aromatic heterocycles. The molecule has 10 heteroatoms. The zero-order chi connectivity index (χ0) is 26.6. The Labute approximate surface area is 214 Å². The van der Waals surface area contributed by atoms with E-state index < -0.39 is 41.5 Å². The number of fused-ring (bicyclic) bond motifs is 1. The van der Waals surface area contributed by atoms with Crippen LogP contribution in [0.25, 0.3) is 0 Å². The molecule has 0 unspecified atom stereocenters. The first-order valence-electron chi connectivity index (χ1n) is 11.7. The van der Waals surface area contributed by atoms with E-state index in [-0.39, 0.29) is 16.4 Å². The van der Waals surface area contributed by atoms with E-state index in [1.54, 1.807) is 32.0 Å². The first-order valence-corrected chi connectivity index (χ1v) is 12.1. The number of nitrogens with two attached hydrogens (primary N) is 2. The lowest BCUT2D eigenvalue weighted by atomic mass is 9.85. The summed E-state index contributed by atoms with van der Waals surface area (Å²) in [5, 5.41) is 2.65. The minimum atomic E-state index is -1.07. The maximum atomic E-state index is 13.6. The van der Waals surface area contributed by atoms with Crippen LogP contribution in [-0.2, 0) is 9.53 Å². The third-order valence-corrected chi connectivity index (χ3v) is 6.39. The van der Waals surface area contributed by atoms with Gasteiger partial charge >= 0.3 is 5.97 Å². The molecule has 5 N–H and O–H groups in total. The standard InChI is InChI=1S/C26H31ClFN3O5/c1-14(32)15-8-10-21-17(12-15)22(31-24(33)16-7-9-19(28)18(27)13-16)23(26(2,3)36-21)35-25(34)20(30)6-4-5-11-29/h7-10,12-13,20,22-23H,4-6,11,29-30H2,1-3H3,(H,31,33)/t20-,22-,23-/m0/s1. The molecule has 1 heterocycles. The lowest BCUT2D eigenvalue weighted by Crippen LogP contribution is -2.56. The van der Waals surface area contributed by atoms with Crippen molar-refractivity contribution in [3.8, 4) is 5.75 Å². The second kappa shape index (κ2) is 11.4.